The predicted molar refractivity (Wildman–Crippen MR) is 74.6 cm³/mol. The van der Waals surface area contributed by atoms with Gasteiger partial charge in [-0.05, 0) is 49.8 Å². The van der Waals surface area contributed by atoms with Gasteiger partial charge in [-0.1, -0.05) is 0 Å². The van der Waals surface area contributed by atoms with E-state index < -0.39 is 0 Å². The van der Waals surface area contributed by atoms with Crippen molar-refractivity contribution in [1.82, 2.24) is 15.0 Å². The molecule has 1 aromatic rings. The van der Waals surface area contributed by atoms with Gasteiger partial charge in [0.05, 0.1) is 6.10 Å². The first kappa shape index (κ1) is 13.7. The number of thioether (sulfide) groups is 1. The van der Waals surface area contributed by atoms with Crippen molar-refractivity contribution < 1.29 is 4.74 Å². The molecule has 0 spiro atoms. The fraction of sp³-hybridized carbons (Fsp3) is 0.727. The van der Waals surface area contributed by atoms with Gasteiger partial charge in [-0.2, -0.15) is 26.7 Å². The van der Waals surface area contributed by atoms with Crippen molar-refractivity contribution in [2.75, 3.05) is 16.8 Å². The zero-order valence-electron chi connectivity index (χ0n) is 10.5. The fourth-order valence-electron chi connectivity index (χ4n) is 1.68. The molecule has 0 amide bonds. The highest BCUT2D eigenvalue weighted by Crippen LogP contribution is 2.20. The van der Waals surface area contributed by atoms with Crippen molar-refractivity contribution >= 4 is 29.3 Å². The van der Waals surface area contributed by atoms with Crippen LogP contribution in [0.15, 0.2) is 0 Å². The van der Waals surface area contributed by atoms with E-state index in [0.29, 0.717) is 12.0 Å². The Labute approximate surface area is 116 Å². The van der Waals surface area contributed by atoms with Crippen LogP contribution in [0.3, 0.4) is 0 Å². The van der Waals surface area contributed by atoms with Crippen LogP contribution in [-0.4, -0.2) is 38.6 Å². The predicted octanol–water partition coefficient (Wildman–Crippen LogP) is 2.62. The van der Waals surface area contributed by atoms with E-state index in [0.717, 1.165) is 12.8 Å². The second-order valence-electron chi connectivity index (χ2n) is 4.41. The van der Waals surface area contributed by atoms with Crippen molar-refractivity contribution in [2.24, 2.45) is 0 Å². The van der Waals surface area contributed by atoms with Crippen molar-refractivity contribution in [3.05, 3.63) is 5.28 Å². The standard InChI is InChI=1S/C11H17ClN4OS/c1-7(2)17-11-15-9(12)14-10(16-11)13-8-3-5-18-6-4-8/h7-8H,3-6H2,1-2H3,(H,13,14,15,16). The lowest BCUT2D eigenvalue weighted by Crippen LogP contribution is -2.26. The van der Waals surface area contributed by atoms with Crippen LogP contribution in [0.5, 0.6) is 6.01 Å². The monoisotopic (exact) mass is 288 g/mol. The van der Waals surface area contributed by atoms with Gasteiger partial charge in [0.2, 0.25) is 11.2 Å². The molecule has 0 aliphatic carbocycles. The summed E-state index contributed by atoms with van der Waals surface area (Å²) < 4.78 is 5.43. The van der Waals surface area contributed by atoms with Gasteiger partial charge in [-0.3, -0.25) is 0 Å². The molecule has 0 aromatic carbocycles. The molecule has 18 heavy (non-hydrogen) atoms. The summed E-state index contributed by atoms with van der Waals surface area (Å²) in [5.41, 5.74) is 0. The van der Waals surface area contributed by atoms with Gasteiger partial charge < -0.3 is 10.1 Å². The van der Waals surface area contributed by atoms with Crippen LogP contribution < -0.4 is 10.1 Å². The summed E-state index contributed by atoms with van der Waals surface area (Å²) in [6.07, 6.45) is 2.25. The highest BCUT2D eigenvalue weighted by molar-refractivity contribution is 7.99. The van der Waals surface area contributed by atoms with E-state index in [2.05, 4.69) is 20.3 Å². The van der Waals surface area contributed by atoms with Gasteiger partial charge in [0, 0.05) is 6.04 Å². The number of hydrogen-bond donors (Lipinski definition) is 1. The Hall–Kier alpha value is -0.750. The van der Waals surface area contributed by atoms with Crippen LogP contribution in [0.1, 0.15) is 26.7 Å². The smallest absolute Gasteiger partial charge is 0.322 e. The maximum absolute atomic E-state index is 5.86. The lowest BCUT2D eigenvalue weighted by atomic mass is 10.2. The maximum Gasteiger partial charge on any atom is 0.322 e. The van der Waals surface area contributed by atoms with Crippen LogP contribution in [0.2, 0.25) is 5.28 Å². The van der Waals surface area contributed by atoms with Gasteiger partial charge in [0.25, 0.3) is 0 Å². The maximum atomic E-state index is 5.86. The Kier molecular flexibility index (Phi) is 4.88. The fourth-order valence-corrected chi connectivity index (χ4v) is 2.94. The molecule has 2 heterocycles. The van der Waals surface area contributed by atoms with Crippen molar-refractivity contribution in [1.29, 1.82) is 0 Å². The number of hydrogen-bond acceptors (Lipinski definition) is 6. The number of nitrogens with one attached hydrogen (secondary N) is 1. The third-order valence-electron chi connectivity index (χ3n) is 2.48. The molecule has 1 saturated heterocycles. The summed E-state index contributed by atoms with van der Waals surface area (Å²) in [7, 11) is 0. The summed E-state index contributed by atoms with van der Waals surface area (Å²) in [6, 6.07) is 0.689. The summed E-state index contributed by atoms with van der Waals surface area (Å²) in [4.78, 5) is 12.2. The van der Waals surface area contributed by atoms with E-state index >= 15 is 0 Å². The normalized spacial score (nSPS) is 16.9. The second-order valence-corrected chi connectivity index (χ2v) is 5.97. The van der Waals surface area contributed by atoms with Crippen LogP contribution in [0, 0.1) is 0 Å². The van der Waals surface area contributed by atoms with Crippen LogP contribution in [-0.2, 0) is 0 Å². The highest BCUT2D eigenvalue weighted by atomic mass is 35.5. The summed E-state index contributed by atoms with van der Waals surface area (Å²) in [6.45, 7) is 3.84. The molecular weight excluding hydrogens is 272 g/mol. The molecule has 2 rings (SSSR count). The first-order valence-corrected chi connectivity index (χ1v) is 7.59. The molecule has 0 atom stereocenters. The average molecular weight is 289 g/mol. The van der Waals surface area contributed by atoms with E-state index in [1.165, 1.54) is 11.5 Å². The van der Waals surface area contributed by atoms with Gasteiger partial charge in [0.15, 0.2) is 0 Å². The quantitative estimate of drug-likeness (QED) is 0.919. The van der Waals surface area contributed by atoms with E-state index in [-0.39, 0.29) is 17.4 Å². The van der Waals surface area contributed by atoms with E-state index in [1.807, 2.05) is 25.6 Å². The molecule has 1 aromatic heterocycles. The van der Waals surface area contributed by atoms with Crippen LogP contribution in [0.4, 0.5) is 5.95 Å². The van der Waals surface area contributed by atoms with Crippen molar-refractivity contribution in [2.45, 2.75) is 38.8 Å². The summed E-state index contributed by atoms with van der Waals surface area (Å²) in [5, 5.41) is 3.46. The summed E-state index contributed by atoms with van der Waals surface area (Å²) >= 11 is 7.84. The molecular formula is C11H17ClN4OS. The van der Waals surface area contributed by atoms with E-state index in [4.69, 9.17) is 16.3 Å². The number of rotatable bonds is 4. The largest absolute Gasteiger partial charge is 0.461 e. The van der Waals surface area contributed by atoms with Crippen LogP contribution >= 0.6 is 23.4 Å². The van der Waals surface area contributed by atoms with E-state index in [9.17, 15) is 0 Å². The topological polar surface area (TPSA) is 59.9 Å². The van der Waals surface area contributed by atoms with Gasteiger partial charge in [0.1, 0.15) is 0 Å². The molecule has 1 aliphatic heterocycles. The third kappa shape index (κ3) is 4.17. The van der Waals surface area contributed by atoms with Gasteiger partial charge >= 0.3 is 6.01 Å². The molecule has 5 nitrogen and oxygen atoms in total. The molecule has 7 heteroatoms. The van der Waals surface area contributed by atoms with Gasteiger partial charge in [-0.15, -0.1) is 0 Å². The number of anilines is 1. The molecule has 0 bridgehead atoms. The van der Waals surface area contributed by atoms with Gasteiger partial charge in [-0.25, -0.2) is 0 Å². The molecule has 1 N–H and O–H groups in total. The third-order valence-corrected chi connectivity index (χ3v) is 3.70. The minimum absolute atomic E-state index is 0.0161. The number of halogens is 1. The number of aromatic nitrogens is 3. The molecule has 0 unspecified atom stereocenters. The average Bonchev–Trinajstić information content (AvgIpc) is 2.28. The lowest BCUT2D eigenvalue weighted by Gasteiger charge is -2.22. The zero-order valence-corrected chi connectivity index (χ0v) is 12.1. The Balaban J connectivity index is 2.04. The molecule has 0 radical (unpaired) electrons. The highest BCUT2D eigenvalue weighted by Gasteiger charge is 2.16. The lowest BCUT2D eigenvalue weighted by molar-refractivity contribution is 0.222. The Morgan fingerprint density at radius 1 is 1.28 bits per heavy atom. The first-order chi connectivity index (χ1) is 8.63. The Bertz CT molecular complexity index is 399. The molecule has 1 fully saturated rings. The Morgan fingerprint density at radius 3 is 2.67 bits per heavy atom. The zero-order chi connectivity index (χ0) is 13.0. The second kappa shape index (κ2) is 6.43. The van der Waals surface area contributed by atoms with E-state index in [1.54, 1.807) is 0 Å². The van der Waals surface area contributed by atoms with Crippen LogP contribution in [0.25, 0.3) is 0 Å². The molecule has 1 aliphatic rings. The minimum Gasteiger partial charge on any atom is -0.461 e. The van der Waals surface area contributed by atoms with Crippen molar-refractivity contribution in [3.8, 4) is 6.01 Å². The Morgan fingerprint density at radius 2 is 2.00 bits per heavy atom. The van der Waals surface area contributed by atoms with Crippen molar-refractivity contribution in [3.63, 3.8) is 0 Å². The minimum atomic E-state index is 0.0161. The SMILES string of the molecule is CC(C)Oc1nc(Cl)nc(NC2CCSCC2)n1. The molecule has 100 valence electrons. The summed E-state index contributed by atoms with van der Waals surface area (Å²) in [5.74, 6) is 2.85. The molecule has 0 saturated carbocycles. The first-order valence-electron chi connectivity index (χ1n) is 6.06. The number of nitrogens with zero attached hydrogens (tertiary/aromatic N) is 3. The number of ether oxygens (including phenoxy) is 1.